The summed E-state index contributed by atoms with van der Waals surface area (Å²) in [5.74, 6) is -0.801. The number of sulfone groups is 1. The van der Waals surface area contributed by atoms with Gasteiger partial charge in [-0.05, 0) is 80.3 Å². The van der Waals surface area contributed by atoms with Gasteiger partial charge in [-0.2, -0.15) is 0 Å². The standard InChI is InChI=1S/C33H37FN4O8S/c1-18(2)47(42,43)28-13-9-20(36-33(41)46-5)16-21(28)25-7-6-14-38(25)32(40)30(19-8-12-26(44-3)27(15-19)45-4)37-24-11-10-23(34)29-22(24)17-35-31(29)39/h8-13,15-16,18,25,30,37H,6-7,14,17H2,1-5H3,(H,35,39)(H,36,41)/t25?,30-/m1/s1. The van der Waals surface area contributed by atoms with Crippen molar-refractivity contribution in [3.63, 3.8) is 0 Å². The number of likely N-dealkylation sites (tertiary alicyclic amines) is 1. The van der Waals surface area contributed by atoms with Crippen molar-refractivity contribution in [3.05, 3.63) is 76.6 Å². The third-order valence-corrected chi connectivity index (χ3v) is 10.7. The molecule has 3 aromatic rings. The van der Waals surface area contributed by atoms with Gasteiger partial charge in [0.2, 0.25) is 5.91 Å². The summed E-state index contributed by atoms with van der Waals surface area (Å²) in [6.07, 6.45) is 0.305. The fourth-order valence-electron chi connectivity index (χ4n) is 6.00. The minimum absolute atomic E-state index is 0.0594. The number of nitrogens with zero attached hydrogens (tertiary/aromatic N) is 1. The zero-order valence-electron chi connectivity index (χ0n) is 26.7. The minimum Gasteiger partial charge on any atom is -0.493 e. The molecular weight excluding hydrogens is 631 g/mol. The quantitative estimate of drug-likeness (QED) is 0.272. The molecule has 2 heterocycles. The van der Waals surface area contributed by atoms with E-state index in [0.29, 0.717) is 59.0 Å². The van der Waals surface area contributed by atoms with E-state index >= 15 is 0 Å². The summed E-state index contributed by atoms with van der Waals surface area (Å²) in [6.45, 7) is 3.54. The topological polar surface area (TPSA) is 152 Å². The van der Waals surface area contributed by atoms with Crippen LogP contribution in [0.25, 0.3) is 0 Å². The lowest BCUT2D eigenvalue weighted by molar-refractivity contribution is -0.133. The summed E-state index contributed by atoms with van der Waals surface area (Å²) in [7, 11) is 0.378. The number of ether oxygens (including phenoxy) is 3. The van der Waals surface area contributed by atoms with Gasteiger partial charge in [-0.3, -0.25) is 14.9 Å². The molecule has 0 bridgehead atoms. The van der Waals surface area contributed by atoms with Crippen LogP contribution in [0.15, 0.2) is 53.4 Å². The number of benzene rings is 3. The number of carbonyl (C=O) groups is 3. The highest BCUT2D eigenvalue weighted by atomic mass is 32.2. The van der Waals surface area contributed by atoms with Crippen LogP contribution < -0.4 is 25.4 Å². The van der Waals surface area contributed by atoms with Crippen LogP contribution in [0, 0.1) is 5.82 Å². The molecule has 3 aromatic carbocycles. The maximum absolute atomic E-state index is 14.7. The van der Waals surface area contributed by atoms with Crippen molar-refractivity contribution >= 4 is 39.1 Å². The molecule has 2 aliphatic heterocycles. The maximum Gasteiger partial charge on any atom is 0.411 e. The van der Waals surface area contributed by atoms with E-state index in [9.17, 15) is 27.2 Å². The van der Waals surface area contributed by atoms with Crippen LogP contribution >= 0.6 is 0 Å². The molecule has 0 aromatic heterocycles. The minimum atomic E-state index is -3.80. The number of methoxy groups -OCH3 is 3. The highest BCUT2D eigenvalue weighted by molar-refractivity contribution is 7.92. The number of amides is 3. The van der Waals surface area contributed by atoms with Crippen LogP contribution in [0.1, 0.15) is 65.8 Å². The van der Waals surface area contributed by atoms with Crippen molar-refractivity contribution in [1.29, 1.82) is 0 Å². The second-order valence-corrected chi connectivity index (χ2v) is 13.9. The van der Waals surface area contributed by atoms with E-state index in [4.69, 9.17) is 14.2 Å². The van der Waals surface area contributed by atoms with Crippen molar-refractivity contribution in [2.45, 2.75) is 55.5 Å². The van der Waals surface area contributed by atoms with E-state index in [1.165, 1.54) is 45.6 Å². The highest BCUT2D eigenvalue weighted by Gasteiger charge is 2.39. The van der Waals surface area contributed by atoms with Crippen LogP contribution in [0.4, 0.5) is 20.6 Å². The monoisotopic (exact) mass is 668 g/mol. The summed E-state index contributed by atoms with van der Waals surface area (Å²) < 4.78 is 57.4. The molecule has 2 aliphatic rings. The Bertz CT molecular complexity index is 1830. The number of halogens is 1. The van der Waals surface area contributed by atoms with Gasteiger partial charge in [0, 0.05) is 30.0 Å². The van der Waals surface area contributed by atoms with Crippen molar-refractivity contribution < 1.29 is 41.4 Å². The first-order valence-corrected chi connectivity index (χ1v) is 16.6. The molecular formula is C33H37FN4O8S. The van der Waals surface area contributed by atoms with Gasteiger partial charge < -0.3 is 29.7 Å². The Morgan fingerprint density at radius 2 is 1.77 bits per heavy atom. The fourth-order valence-corrected chi connectivity index (χ4v) is 7.29. The van der Waals surface area contributed by atoms with Crippen LogP contribution in [0.3, 0.4) is 0 Å². The first kappa shape index (κ1) is 33.5. The zero-order valence-corrected chi connectivity index (χ0v) is 27.5. The smallest absolute Gasteiger partial charge is 0.411 e. The van der Waals surface area contributed by atoms with Gasteiger partial charge in [-0.1, -0.05) is 6.07 Å². The first-order chi connectivity index (χ1) is 22.4. The Hall–Kier alpha value is -4.85. The average molecular weight is 669 g/mol. The number of hydrogen-bond donors (Lipinski definition) is 3. The number of hydrogen-bond acceptors (Lipinski definition) is 9. The summed E-state index contributed by atoms with van der Waals surface area (Å²) in [5, 5.41) is 7.72. The number of rotatable bonds is 10. The van der Waals surface area contributed by atoms with Gasteiger partial charge >= 0.3 is 6.09 Å². The molecule has 3 N–H and O–H groups in total. The average Bonchev–Trinajstić information content (AvgIpc) is 3.71. The van der Waals surface area contributed by atoms with E-state index < -0.39 is 50.9 Å². The lowest BCUT2D eigenvalue weighted by Crippen LogP contribution is -2.38. The zero-order chi connectivity index (χ0) is 34.0. The first-order valence-electron chi connectivity index (χ1n) is 15.0. The molecule has 0 aliphatic carbocycles. The van der Waals surface area contributed by atoms with Crippen LogP contribution in [0.5, 0.6) is 11.5 Å². The molecule has 0 radical (unpaired) electrons. The Labute approximate surface area is 272 Å². The van der Waals surface area contributed by atoms with E-state index in [0.717, 1.165) is 0 Å². The highest BCUT2D eigenvalue weighted by Crippen LogP contribution is 2.41. The number of fused-ring (bicyclic) bond motifs is 1. The van der Waals surface area contributed by atoms with Crippen molar-refractivity contribution in [1.82, 2.24) is 10.2 Å². The lowest BCUT2D eigenvalue weighted by Gasteiger charge is -2.32. The molecule has 12 nitrogen and oxygen atoms in total. The van der Waals surface area contributed by atoms with Crippen molar-refractivity contribution in [2.24, 2.45) is 0 Å². The molecule has 1 unspecified atom stereocenters. The third kappa shape index (κ3) is 6.42. The van der Waals surface area contributed by atoms with Gasteiger partial charge in [0.15, 0.2) is 21.3 Å². The predicted octanol–water partition coefficient (Wildman–Crippen LogP) is 4.96. The largest absolute Gasteiger partial charge is 0.493 e. The van der Waals surface area contributed by atoms with Gasteiger partial charge in [-0.25, -0.2) is 17.6 Å². The molecule has 1 saturated heterocycles. The van der Waals surface area contributed by atoms with Crippen molar-refractivity contribution in [3.8, 4) is 11.5 Å². The molecule has 2 atom stereocenters. The summed E-state index contributed by atoms with van der Waals surface area (Å²) in [6, 6.07) is 10.4. The van der Waals surface area contributed by atoms with Crippen LogP contribution in [-0.2, 0) is 25.9 Å². The van der Waals surface area contributed by atoms with Crippen molar-refractivity contribution in [2.75, 3.05) is 38.5 Å². The van der Waals surface area contributed by atoms with Gasteiger partial charge in [0.1, 0.15) is 11.9 Å². The number of nitrogens with one attached hydrogen (secondary N) is 3. The molecule has 250 valence electrons. The van der Waals surface area contributed by atoms with E-state index in [1.54, 1.807) is 43.0 Å². The fraction of sp³-hybridized carbons (Fsp3) is 0.364. The van der Waals surface area contributed by atoms with Gasteiger partial charge in [0.05, 0.1) is 43.1 Å². The normalized spacial score (nSPS) is 16.4. The summed E-state index contributed by atoms with van der Waals surface area (Å²) in [4.78, 5) is 40.8. The van der Waals surface area contributed by atoms with Crippen LogP contribution in [0.2, 0.25) is 0 Å². The van der Waals surface area contributed by atoms with E-state index in [-0.39, 0.29) is 17.0 Å². The van der Waals surface area contributed by atoms with E-state index in [2.05, 4.69) is 16.0 Å². The molecule has 47 heavy (non-hydrogen) atoms. The number of anilines is 2. The molecule has 3 amide bonds. The van der Waals surface area contributed by atoms with Gasteiger partial charge in [-0.15, -0.1) is 0 Å². The van der Waals surface area contributed by atoms with E-state index in [1.807, 2.05) is 0 Å². The molecule has 14 heteroatoms. The molecule has 1 fully saturated rings. The Morgan fingerprint density at radius 1 is 1.02 bits per heavy atom. The Morgan fingerprint density at radius 3 is 2.45 bits per heavy atom. The van der Waals surface area contributed by atoms with Crippen LogP contribution in [-0.4, -0.2) is 64.3 Å². The predicted molar refractivity (Wildman–Crippen MR) is 172 cm³/mol. The SMILES string of the molecule is COC(=O)Nc1ccc(S(=O)(=O)C(C)C)c(C2CCCN2C(=O)[C@H](Nc2ccc(F)c3c2CNC3=O)c2ccc(OC)c(OC)c2)c1. The van der Waals surface area contributed by atoms with Gasteiger partial charge in [0.25, 0.3) is 5.91 Å². The lowest BCUT2D eigenvalue weighted by atomic mass is 9.99. The second-order valence-electron chi connectivity index (χ2n) is 11.5. The summed E-state index contributed by atoms with van der Waals surface area (Å²) >= 11 is 0. The summed E-state index contributed by atoms with van der Waals surface area (Å²) in [5.41, 5.74) is 1.84. The second kappa shape index (κ2) is 13.5. The Balaban J connectivity index is 1.61. The molecule has 5 rings (SSSR count). The molecule has 0 saturated carbocycles. The molecule has 0 spiro atoms. The Kier molecular flexibility index (Phi) is 9.61. The maximum atomic E-state index is 14.7. The number of carbonyl (C=O) groups excluding carboxylic acids is 3. The third-order valence-electron chi connectivity index (χ3n) is 8.47.